The summed E-state index contributed by atoms with van der Waals surface area (Å²) in [4.78, 5) is 16.9. The van der Waals surface area contributed by atoms with Crippen molar-refractivity contribution >= 4 is 39.9 Å². The largest absolute Gasteiger partial charge is 0.444 e. The number of nitrogens with one attached hydrogen (secondary N) is 3. The highest BCUT2D eigenvalue weighted by Gasteiger charge is 2.15. The summed E-state index contributed by atoms with van der Waals surface area (Å²) in [7, 11) is 0. The number of thiocarbonyl (C=S) groups is 1. The Morgan fingerprint density at radius 1 is 1.29 bits per heavy atom. The van der Waals surface area contributed by atoms with Crippen LogP contribution in [0.5, 0.6) is 0 Å². The Morgan fingerprint density at radius 2 is 1.90 bits per heavy atom. The van der Waals surface area contributed by atoms with Gasteiger partial charge in [-0.1, -0.05) is 0 Å². The normalized spacial score (nSPS) is 10.9. The van der Waals surface area contributed by atoms with Crippen LogP contribution in [0.4, 0.5) is 9.93 Å². The molecule has 6 nitrogen and oxygen atoms in total. The Bertz CT molecular complexity index is 489. The lowest BCUT2D eigenvalue weighted by Gasteiger charge is -2.19. The first-order chi connectivity index (χ1) is 9.67. The van der Waals surface area contributed by atoms with E-state index in [1.807, 2.05) is 34.6 Å². The minimum absolute atomic E-state index is 0.423. The summed E-state index contributed by atoms with van der Waals surface area (Å²) in [6, 6.07) is 0. The molecule has 0 aliphatic rings. The molecule has 0 saturated heterocycles. The number of thiazole rings is 1. The monoisotopic (exact) mass is 330 g/mol. The van der Waals surface area contributed by atoms with Crippen molar-refractivity contribution < 1.29 is 9.53 Å². The van der Waals surface area contributed by atoms with Gasteiger partial charge >= 0.3 is 6.09 Å². The number of nitrogens with zero attached hydrogens (tertiary/aromatic N) is 1. The van der Waals surface area contributed by atoms with Crippen LogP contribution in [0, 0.1) is 13.8 Å². The van der Waals surface area contributed by atoms with E-state index in [4.69, 9.17) is 17.0 Å². The lowest BCUT2D eigenvalue weighted by atomic mass is 10.2. The molecular formula is C13H22N4O2S2. The summed E-state index contributed by atoms with van der Waals surface area (Å²) >= 11 is 6.71. The summed E-state index contributed by atoms with van der Waals surface area (Å²) in [5.74, 6) is 0. The van der Waals surface area contributed by atoms with E-state index in [-0.39, 0.29) is 0 Å². The first kappa shape index (κ1) is 17.6. The fourth-order valence-corrected chi connectivity index (χ4v) is 2.40. The zero-order chi connectivity index (χ0) is 16.0. The smallest absolute Gasteiger partial charge is 0.407 e. The number of aromatic nitrogens is 1. The number of ether oxygens (including phenoxy) is 1. The number of rotatable bonds is 4. The van der Waals surface area contributed by atoms with Gasteiger partial charge in [0.25, 0.3) is 0 Å². The molecule has 0 bridgehead atoms. The standard InChI is InChI=1S/C13H22N4O2S2/c1-8-9(2)21-11(16-8)17-10(20)14-6-7-15-12(18)19-13(3,4)5/h6-7H2,1-5H3,(H,15,18)(H2,14,16,17,20). The molecule has 0 aliphatic carbocycles. The fourth-order valence-electron chi connectivity index (χ4n) is 1.32. The van der Waals surface area contributed by atoms with Crippen molar-refractivity contribution in [3.63, 3.8) is 0 Å². The van der Waals surface area contributed by atoms with Crippen molar-refractivity contribution in [3.05, 3.63) is 10.6 Å². The van der Waals surface area contributed by atoms with Gasteiger partial charge in [-0.2, -0.15) is 0 Å². The van der Waals surface area contributed by atoms with Gasteiger partial charge in [0.05, 0.1) is 5.69 Å². The van der Waals surface area contributed by atoms with Crippen molar-refractivity contribution in [2.24, 2.45) is 0 Å². The maximum atomic E-state index is 11.4. The van der Waals surface area contributed by atoms with Crippen LogP contribution in [-0.4, -0.2) is 34.9 Å². The number of amides is 1. The average Bonchev–Trinajstić information content (AvgIpc) is 2.61. The predicted octanol–water partition coefficient (Wildman–Crippen LogP) is 2.57. The maximum absolute atomic E-state index is 11.4. The van der Waals surface area contributed by atoms with Gasteiger partial charge in [-0.25, -0.2) is 9.78 Å². The van der Waals surface area contributed by atoms with Crippen LogP contribution in [0.15, 0.2) is 0 Å². The van der Waals surface area contributed by atoms with Crippen LogP contribution in [0.3, 0.4) is 0 Å². The second-order valence-electron chi connectivity index (χ2n) is 5.47. The van der Waals surface area contributed by atoms with E-state index < -0.39 is 11.7 Å². The molecule has 1 heterocycles. The van der Waals surface area contributed by atoms with E-state index in [0.29, 0.717) is 18.2 Å². The number of hydrogen-bond donors (Lipinski definition) is 3. The van der Waals surface area contributed by atoms with Gasteiger partial charge in [0.1, 0.15) is 5.60 Å². The maximum Gasteiger partial charge on any atom is 0.407 e. The molecule has 21 heavy (non-hydrogen) atoms. The number of carbonyl (C=O) groups excluding carboxylic acids is 1. The first-order valence-corrected chi connectivity index (χ1v) is 7.85. The van der Waals surface area contributed by atoms with Gasteiger partial charge < -0.3 is 20.7 Å². The van der Waals surface area contributed by atoms with Gasteiger partial charge in [-0.3, -0.25) is 0 Å². The van der Waals surface area contributed by atoms with Crippen LogP contribution in [-0.2, 0) is 4.74 Å². The molecule has 0 unspecified atom stereocenters. The van der Waals surface area contributed by atoms with E-state index in [9.17, 15) is 4.79 Å². The van der Waals surface area contributed by atoms with Crippen molar-refractivity contribution in [3.8, 4) is 0 Å². The van der Waals surface area contributed by atoms with E-state index >= 15 is 0 Å². The third-order valence-electron chi connectivity index (χ3n) is 2.33. The Balaban J connectivity index is 2.21. The molecule has 0 saturated carbocycles. The average molecular weight is 330 g/mol. The highest BCUT2D eigenvalue weighted by molar-refractivity contribution is 7.80. The first-order valence-electron chi connectivity index (χ1n) is 6.63. The number of aryl methyl sites for hydroxylation is 2. The number of alkyl carbamates (subject to hydrolysis) is 1. The van der Waals surface area contributed by atoms with Gasteiger partial charge in [-0.15, -0.1) is 11.3 Å². The summed E-state index contributed by atoms with van der Waals surface area (Å²) in [6.07, 6.45) is -0.436. The molecule has 8 heteroatoms. The summed E-state index contributed by atoms with van der Waals surface area (Å²) < 4.78 is 5.12. The second-order valence-corrected chi connectivity index (χ2v) is 7.08. The van der Waals surface area contributed by atoms with Crippen LogP contribution >= 0.6 is 23.6 Å². The van der Waals surface area contributed by atoms with Gasteiger partial charge in [0, 0.05) is 18.0 Å². The van der Waals surface area contributed by atoms with Gasteiger partial charge in [0.15, 0.2) is 10.2 Å². The second kappa shape index (κ2) is 7.56. The number of hydrogen-bond acceptors (Lipinski definition) is 5. The van der Waals surface area contributed by atoms with Gasteiger partial charge in [-0.05, 0) is 46.8 Å². The topological polar surface area (TPSA) is 75.3 Å². The highest BCUT2D eigenvalue weighted by Crippen LogP contribution is 2.20. The minimum Gasteiger partial charge on any atom is -0.444 e. The molecule has 0 atom stereocenters. The molecule has 0 radical (unpaired) electrons. The van der Waals surface area contributed by atoms with E-state index in [2.05, 4.69) is 20.9 Å². The molecular weight excluding hydrogens is 308 g/mol. The van der Waals surface area contributed by atoms with Crippen LogP contribution in [0.2, 0.25) is 0 Å². The van der Waals surface area contributed by atoms with E-state index in [1.165, 1.54) is 0 Å². The lowest BCUT2D eigenvalue weighted by Crippen LogP contribution is -2.39. The highest BCUT2D eigenvalue weighted by atomic mass is 32.1. The third kappa shape index (κ3) is 7.24. The summed E-state index contributed by atoms with van der Waals surface area (Å²) in [6.45, 7) is 10.4. The van der Waals surface area contributed by atoms with Crippen molar-refractivity contribution in [2.75, 3.05) is 18.4 Å². The summed E-state index contributed by atoms with van der Waals surface area (Å²) in [5.41, 5.74) is 0.506. The lowest BCUT2D eigenvalue weighted by molar-refractivity contribution is 0.0529. The molecule has 1 aromatic rings. The fraction of sp³-hybridized carbons (Fsp3) is 0.615. The Kier molecular flexibility index (Phi) is 6.35. The summed E-state index contributed by atoms with van der Waals surface area (Å²) in [5, 5.41) is 9.90. The molecule has 0 fully saturated rings. The van der Waals surface area contributed by atoms with Gasteiger partial charge in [0.2, 0.25) is 0 Å². The van der Waals surface area contributed by atoms with Crippen LogP contribution < -0.4 is 16.0 Å². The van der Waals surface area contributed by atoms with Crippen LogP contribution in [0.1, 0.15) is 31.3 Å². The predicted molar refractivity (Wildman–Crippen MR) is 90.0 cm³/mol. The SMILES string of the molecule is Cc1nc(NC(=S)NCCNC(=O)OC(C)(C)C)sc1C. The van der Waals surface area contributed by atoms with E-state index in [0.717, 1.165) is 15.7 Å². The van der Waals surface area contributed by atoms with Crippen LogP contribution in [0.25, 0.3) is 0 Å². The Labute approximate surface area is 134 Å². The number of anilines is 1. The zero-order valence-electron chi connectivity index (χ0n) is 13.0. The van der Waals surface area contributed by atoms with Crippen molar-refractivity contribution in [1.82, 2.24) is 15.6 Å². The molecule has 0 aliphatic heterocycles. The van der Waals surface area contributed by atoms with Crippen molar-refractivity contribution in [1.29, 1.82) is 0 Å². The number of carbonyl (C=O) groups is 1. The molecule has 0 spiro atoms. The molecule has 3 N–H and O–H groups in total. The van der Waals surface area contributed by atoms with Crippen molar-refractivity contribution in [2.45, 2.75) is 40.2 Å². The third-order valence-corrected chi connectivity index (χ3v) is 3.56. The Hall–Kier alpha value is -1.41. The molecule has 1 aromatic heterocycles. The Morgan fingerprint density at radius 3 is 2.43 bits per heavy atom. The molecule has 1 rings (SSSR count). The minimum atomic E-state index is -0.491. The van der Waals surface area contributed by atoms with E-state index in [1.54, 1.807) is 11.3 Å². The molecule has 118 valence electrons. The molecule has 1 amide bonds. The zero-order valence-corrected chi connectivity index (χ0v) is 14.6. The quantitative estimate of drug-likeness (QED) is 0.582. The molecule has 0 aromatic carbocycles.